The minimum Gasteiger partial charge on any atom is -0.325 e. The standard InChI is InChI=1S/C15H13ClF2N2O3S/c1-9-6-11(3-4-12(9)16)24(22,23)19-8-15(21)20-10-2-5-13(17)14(18)7-10/h2-7,19H,8H2,1H3,(H,20,21). The molecule has 0 aliphatic heterocycles. The highest BCUT2D eigenvalue weighted by Gasteiger charge is 2.16. The number of hydrogen-bond acceptors (Lipinski definition) is 3. The second kappa shape index (κ2) is 7.25. The van der Waals surface area contributed by atoms with Gasteiger partial charge in [0.1, 0.15) is 0 Å². The van der Waals surface area contributed by atoms with Crippen LogP contribution in [-0.2, 0) is 14.8 Å². The number of carbonyl (C=O) groups excluding carboxylic acids is 1. The SMILES string of the molecule is Cc1cc(S(=O)(=O)NCC(=O)Nc2ccc(F)c(F)c2)ccc1Cl. The van der Waals surface area contributed by atoms with E-state index >= 15 is 0 Å². The highest BCUT2D eigenvalue weighted by atomic mass is 35.5. The lowest BCUT2D eigenvalue weighted by Crippen LogP contribution is -2.33. The summed E-state index contributed by atoms with van der Waals surface area (Å²) < 4.78 is 52.2. The molecule has 0 aromatic heterocycles. The molecule has 2 N–H and O–H groups in total. The fourth-order valence-corrected chi connectivity index (χ4v) is 2.99. The Hall–Kier alpha value is -2.03. The summed E-state index contributed by atoms with van der Waals surface area (Å²) in [6.07, 6.45) is 0. The third-order valence-corrected chi connectivity index (χ3v) is 4.89. The summed E-state index contributed by atoms with van der Waals surface area (Å²) in [5, 5.41) is 2.68. The van der Waals surface area contributed by atoms with Crippen molar-refractivity contribution < 1.29 is 22.0 Å². The van der Waals surface area contributed by atoms with Crippen LogP contribution >= 0.6 is 11.6 Å². The van der Waals surface area contributed by atoms with E-state index < -0.39 is 34.1 Å². The number of benzene rings is 2. The molecule has 128 valence electrons. The average molecular weight is 375 g/mol. The molecule has 2 aromatic carbocycles. The van der Waals surface area contributed by atoms with Crippen molar-refractivity contribution in [3.05, 3.63) is 58.6 Å². The maximum atomic E-state index is 13.0. The van der Waals surface area contributed by atoms with Crippen molar-refractivity contribution in [3.63, 3.8) is 0 Å². The highest BCUT2D eigenvalue weighted by Crippen LogP contribution is 2.19. The van der Waals surface area contributed by atoms with Gasteiger partial charge >= 0.3 is 0 Å². The third-order valence-electron chi connectivity index (χ3n) is 3.07. The molecule has 24 heavy (non-hydrogen) atoms. The molecule has 1 amide bonds. The minimum absolute atomic E-state index is 0.0143. The van der Waals surface area contributed by atoms with Gasteiger partial charge in [0, 0.05) is 16.8 Å². The van der Waals surface area contributed by atoms with E-state index in [4.69, 9.17) is 11.6 Å². The summed E-state index contributed by atoms with van der Waals surface area (Å²) in [4.78, 5) is 11.7. The topological polar surface area (TPSA) is 75.3 Å². The first-order valence-corrected chi connectivity index (χ1v) is 8.56. The Balaban J connectivity index is 2.01. The van der Waals surface area contributed by atoms with Crippen LogP contribution in [0.25, 0.3) is 0 Å². The smallest absolute Gasteiger partial charge is 0.241 e. The van der Waals surface area contributed by atoms with Crippen molar-refractivity contribution >= 4 is 33.2 Å². The minimum atomic E-state index is -3.91. The van der Waals surface area contributed by atoms with Gasteiger partial charge in [0.2, 0.25) is 15.9 Å². The molecule has 5 nitrogen and oxygen atoms in total. The van der Waals surface area contributed by atoms with E-state index in [1.165, 1.54) is 18.2 Å². The van der Waals surface area contributed by atoms with E-state index in [1.807, 2.05) is 0 Å². The number of amides is 1. The molecule has 9 heteroatoms. The summed E-state index contributed by atoms with van der Waals surface area (Å²) in [7, 11) is -3.91. The Morgan fingerprint density at radius 2 is 1.83 bits per heavy atom. The lowest BCUT2D eigenvalue weighted by Gasteiger charge is -2.09. The molecule has 0 saturated carbocycles. The average Bonchev–Trinajstić information content (AvgIpc) is 2.52. The number of hydrogen-bond donors (Lipinski definition) is 2. The van der Waals surface area contributed by atoms with Gasteiger partial charge in [-0.2, -0.15) is 0 Å². The summed E-state index contributed by atoms with van der Waals surface area (Å²) in [5.41, 5.74) is 0.589. The Bertz CT molecular complexity index is 888. The fourth-order valence-electron chi connectivity index (χ4n) is 1.81. The van der Waals surface area contributed by atoms with Crippen LogP contribution in [0.4, 0.5) is 14.5 Å². The molecule has 2 aromatic rings. The van der Waals surface area contributed by atoms with Crippen molar-refractivity contribution in [2.75, 3.05) is 11.9 Å². The summed E-state index contributed by atoms with van der Waals surface area (Å²) >= 11 is 5.84. The molecule has 0 aliphatic rings. The summed E-state index contributed by atoms with van der Waals surface area (Å²) in [6, 6.07) is 6.93. The van der Waals surface area contributed by atoms with Gasteiger partial charge in [0.25, 0.3) is 0 Å². The molecule has 0 spiro atoms. The number of carbonyl (C=O) groups is 1. The van der Waals surface area contributed by atoms with E-state index in [-0.39, 0.29) is 10.6 Å². The van der Waals surface area contributed by atoms with Crippen molar-refractivity contribution in [1.82, 2.24) is 4.72 Å². The highest BCUT2D eigenvalue weighted by molar-refractivity contribution is 7.89. The van der Waals surface area contributed by atoms with E-state index in [0.717, 1.165) is 18.2 Å². The zero-order valence-corrected chi connectivity index (χ0v) is 14.0. The number of anilines is 1. The van der Waals surface area contributed by atoms with Gasteiger partial charge in [-0.25, -0.2) is 21.9 Å². The van der Waals surface area contributed by atoms with Crippen LogP contribution in [0.2, 0.25) is 5.02 Å². The maximum absolute atomic E-state index is 13.0. The predicted molar refractivity (Wildman–Crippen MR) is 86.4 cm³/mol. The van der Waals surface area contributed by atoms with Gasteiger partial charge in [-0.1, -0.05) is 11.6 Å². The van der Waals surface area contributed by atoms with Crippen LogP contribution < -0.4 is 10.0 Å². The van der Waals surface area contributed by atoms with E-state index in [2.05, 4.69) is 10.0 Å². The Labute approximate surface area is 142 Å². The van der Waals surface area contributed by atoms with E-state index in [0.29, 0.717) is 10.6 Å². The van der Waals surface area contributed by atoms with Crippen LogP contribution in [0.15, 0.2) is 41.3 Å². The molecular weight excluding hydrogens is 362 g/mol. The molecule has 0 unspecified atom stereocenters. The fraction of sp³-hybridized carbons (Fsp3) is 0.133. The van der Waals surface area contributed by atoms with Crippen molar-refractivity contribution in [2.24, 2.45) is 0 Å². The Morgan fingerprint density at radius 1 is 1.12 bits per heavy atom. The van der Waals surface area contributed by atoms with Crippen LogP contribution in [0.3, 0.4) is 0 Å². The molecule has 0 fully saturated rings. The summed E-state index contributed by atoms with van der Waals surface area (Å²) in [6.45, 7) is 1.08. The molecule has 0 heterocycles. The third kappa shape index (κ3) is 4.50. The zero-order valence-electron chi connectivity index (χ0n) is 12.4. The van der Waals surface area contributed by atoms with Gasteiger partial charge in [-0.15, -0.1) is 0 Å². The van der Waals surface area contributed by atoms with Crippen LogP contribution in [-0.4, -0.2) is 20.9 Å². The van der Waals surface area contributed by atoms with Gasteiger partial charge in [0.05, 0.1) is 11.4 Å². The number of aryl methyl sites for hydroxylation is 1. The second-order valence-corrected chi connectivity index (χ2v) is 7.09. The van der Waals surface area contributed by atoms with Crippen LogP contribution in [0.1, 0.15) is 5.56 Å². The van der Waals surface area contributed by atoms with Crippen molar-refractivity contribution in [3.8, 4) is 0 Å². The summed E-state index contributed by atoms with van der Waals surface area (Å²) in [5.74, 6) is -2.90. The molecule has 0 radical (unpaired) electrons. The first-order valence-electron chi connectivity index (χ1n) is 6.70. The zero-order chi connectivity index (χ0) is 17.9. The van der Waals surface area contributed by atoms with Crippen molar-refractivity contribution in [2.45, 2.75) is 11.8 Å². The predicted octanol–water partition coefficient (Wildman–Crippen LogP) is 2.84. The molecule has 0 saturated heterocycles. The monoisotopic (exact) mass is 374 g/mol. The maximum Gasteiger partial charge on any atom is 0.241 e. The first kappa shape index (κ1) is 18.3. The van der Waals surface area contributed by atoms with E-state index in [1.54, 1.807) is 6.92 Å². The Morgan fingerprint density at radius 3 is 2.46 bits per heavy atom. The quantitative estimate of drug-likeness (QED) is 0.845. The molecule has 0 bridgehead atoms. The Kier molecular flexibility index (Phi) is 5.53. The van der Waals surface area contributed by atoms with Gasteiger partial charge < -0.3 is 5.32 Å². The van der Waals surface area contributed by atoms with Gasteiger partial charge in [0.15, 0.2) is 11.6 Å². The number of rotatable bonds is 5. The second-order valence-electron chi connectivity index (χ2n) is 4.91. The normalized spacial score (nSPS) is 11.3. The first-order chi connectivity index (χ1) is 11.2. The van der Waals surface area contributed by atoms with Crippen LogP contribution in [0.5, 0.6) is 0 Å². The number of nitrogens with one attached hydrogen (secondary N) is 2. The van der Waals surface area contributed by atoms with E-state index in [9.17, 15) is 22.0 Å². The van der Waals surface area contributed by atoms with Crippen LogP contribution in [0, 0.1) is 18.6 Å². The molecule has 0 atom stereocenters. The van der Waals surface area contributed by atoms with Gasteiger partial charge in [-0.05, 0) is 42.8 Å². The number of sulfonamides is 1. The van der Waals surface area contributed by atoms with Crippen molar-refractivity contribution in [1.29, 1.82) is 0 Å². The largest absolute Gasteiger partial charge is 0.325 e. The lowest BCUT2D eigenvalue weighted by atomic mass is 10.2. The van der Waals surface area contributed by atoms with Gasteiger partial charge in [-0.3, -0.25) is 4.79 Å². The number of halogens is 3. The lowest BCUT2D eigenvalue weighted by molar-refractivity contribution is -0.115. The molecule has 2 rings (SSSR count). The molecule has 0 aliphatic carbocycles. The molecular formula is C15H13ClF2N2O3S.